The van der Waals surface area contributed by atoms with Gasteiger partial charge in [-0.1, -0.05) is 65.0 Å². The van der Waals surface area contributed by atoms with Crippen LogP contribution in [-0.2, 0) is 4.79 Å². The van der Waals surface area contributed by atoms with Crippen molar-refractivity contribution in [3.8, 4) is 5.69 Å². The van der Waals surface area contributed by atoms with Crippen molar-refractivity contribution >= 4 is 58.5 Å². The summed E-state index contributed by atoms with van der Waals surface area (Å²) in [6.45, 7) is 1.83. The summed E-state index contributed by atoms with van der Waals surface area (Å²) in [6.07, 6.45) is 0. The van der Waals surface area contributed by atoms with Gasteiger partial charge in [0.1, 0.15) is 0 Å². The first-order valence-electron chi connectivity index (χ1n) is 7.42. The number of rotatable bonds is 5. The second-order valence-electron chi connectivity index (χ2n) is 5.11. The van der Waals surface area contributed by atoms with Gasteiger partial charge in [-0.3, -0.25) is 4.79 Å². The third-order valence-corrected chi connectivity index (χ3v) is 6.05. The van der Waals surface area contributed by atoms with E-state index in [1.807, 2.05) is 49.4 Å². The third kappa shape index (κ3) is 4.49. The molecule has 8 heteroatoms. The highest BCUT2D eigenvalue weighted by molar-refractivity contribution is 8.02. The van der Waals surface area contributed by atoms with Gasteiger partial charge in [-0.2, -0.15) is 0 Å². The van der Waals surface area contributed by atoms with Crippen molar-refractivity contribution < 1.29 is 4.79 Å². The Morgan fingerprint density at radius 2 is 1.92 bits per heavy atom. The molecule has 2 aromatic carbocycles. The first kappa shape index (κ1) is 18.1. The Morgan fingerprint density at radius 3 is 2.64 bits per heavy atom. The Balaban J connectivity index is 1.71. The highest BCUT2D eigenvalue weighted by Crippen LogP contribution is 2.29. The fourth-order valence-corrected chi connectivity index (χ4v) is 4.73. The van der Waals surface area contributed by atoms with Crippen molar-refractivity contribution in [2.24, 2.45) is 0 Å². The predicted octanol–water partition coefficient (Wildman–Crippen LogP) is 5.44. The molecule has 1 aromatic heterocycles. The highest BCUT2D eigenvalue weighted by atomic mass is 35.5. The maximum absolute atomic E-state index is 12.4. The lowest BCUT2D eigenvalue weighted by molar-refractivity contribution is -0.115. The molecule has 1 unspecified atom stereocenters. The van der Waals surface area contributed by atoms with Crippen LogP contribution in [0.4, 0.5) is 5.69 Å². The van der Waals surface area contributed by atoms with E-state index >= 15 is 0 Å². The molecule has 0 aliphatic carbocycles. The van der Waals surface area contributed by atoms with Gasteiger partial charge in [-0.15, -0.1) is 5.10 Å². The molecular formula is C17H14ClN3OS3. The van der Waals surface area contributed by atoms with Crippen LogP contribution in [0.5, 0.6) is 0 Å². The molecule has 0 fully saturated rings. The molecule has 0 spiro atoms. The minimum atomic E-state index is -0.332. The van der Waals surface area contributed by atoms with Crippen LogP contribution in [-0.4, -0.2) is 20.9 Å². The normalized spacial score (nSPS) is 11.9. The molecule has 0 aliphatic heterocycles. The molecule has 3 aromatic rings. The van der Waals surface area contributed by atoms with Gasteiger partial charge in [0.05, 0.1) is 21.6 Å². The Morgan fingerprint density at radius 1 is 1.24 bits per heavy atom. The van der Waals surface area contributed by atoms with Crippen LogP contribution in [0.25, 0.3) is 5.69 Å². The number of nitrogens with zero attached hydrogens (tertiary/aromatic N) is 2. The zero-order valence-electron chi connectivity index (χ0n) is 13.2. The van der Waals surface area contributed by atoms with Crippen LogP contribution in [0.2, 0.25) is 5.02 Å². The van der Waals surface area contributed by atoms with Crippen molar-refractivity contribution in [1.29, 1.82) is 0 Å². The summed E-state index contributed by atoms with van der Waals surface area (Å²) in [6, 6.07) is 16.8. The van der Waals surface area contributed by atoms with Crippen molar-refractivity contribution in [2.45, 2.75) is 16.5 Å². The maximum atomic E-state index is 12.4. The van der Waals surface area contributed by atoms with Gasteiger partial charge in [0.2, 0.25) is 5.91 Å². The van der Waals surface area contributed by atoms with E-state index in [-0.39, 0.29) is 11.2 Å². The van der Waals surface area contributed by atoms with E-state index in [1.165, 1.54) is 23.1 Å². The van der Waals surface area contributed by atoms with Crippen LogP contribution in [0, 0.1) is 3.95 Å². The molecule has 0 bridgehead atoms. The van der Waals surface area contributed by atoms with Crippen LogP contribution in [0.3, 0.4) is 0 Å². The van der Waals surface area contributed by atoms with E-state index < -0.39 is 0 Å². The molecular weight excluding hydrogens is 394 g/mol. The van der Waals surface area contributed by atoms with Crippen molar-refractivity contribution in [1.82, 2.24) is 9.78 Å². The zero-order chi connectivity index (χ0) is 17.8. The standard InChI is InChI=1S/C17H14ClN3OS3/c1-11(15(22)19-14-10-6-5-9-13(14)18)24-16-20-21(17(23)25-16)12-7-3-2-4-8-12/h2-11H,1H3,(H,19,22). The largest absolute Gasteiger partial charge is 0.324 e. The monoisotopic (exact) mass is 407 g/mol. The second kappa shape index (κ2) is 8.14. The van der Waals surface area contributed by atoms with Gasteiger partial charge in [0, 0.05) is 0 Å². The van der Waals surface area contributed by atoms with Crippen molar-refractivity contribution in [3.63, 3.8) is 0 Å². The molecule has 1 amide bonds. The molecule has 128 valence electrons. The molecule has 0 aliphatic rings. The Bertz CT molecular complexity index is 940. The number of carbonyl (C=O) groups excluding carboxylic acids is 1. The Hall–Kier alpha value is -1.67. The van der Waals surface area contributed by atoms with E-state index in [1.54, 1.807) is 16.8 Å². The molecule has 1 heterocycles. The molecule has 3 rings (SSSR count). The molecule has 4 nitrogen and oxygen atoms in total. The van der Waals surface area contributed by atoms with E-state index in [0.717, 1.165) is 10.0 Å². The number of para-hydroxylation sites is 2. The lowest BCUT2D eigenvalue weighted by Gasteiger charge is -2.11. The van der Waals surface area contributed by atoms with Crippen LogP contribution < -0.4 is 5.32 Å². The van der Waals surface area contributed by atoms with Gasteiger partial charge < -0.3 is 5.32 Å². The molecule has 1 N–H and O–H groups in total. The number of benzene rings is 2. The summed E-state index contributed by atoms with van der Waals surface area (Å²) in [5, 5.41) is 7.53. The number of aromatic nitrogens is 2. The predicted molar refractivity (Wildman–Crippen MR) is 108 cm³/mol. The fraction of sp³-hybridized carbons (Fsp3) is 0.118. The van der Waals surface area contributed by atoms with E-state index in [9.17, 15) is 4.79 Å². The summed E-state index contributed by atoms with van der Waals surface area (Å²) in [4.78, 5) is 12.4. The number of anilines is 1. The van der Waals surface area contributed by atoms with Crippen LogP contribution in [0.15, 0.2) is 58.9 Å². The van der Waals surface area contributed by atoms with E-state index in [0.29, 0.717) is 14.7 Å². The van der Waals surface area contributed by atoms with Gasteiger partial charge in [0.15, 0.2) is 8.29 Å². The molecule has 0 saturated carbocycles. The average molecular weight is 408 g/mol. The summed E-state index contributed by atoms with van der Waals surface area (Å²) >= 11 is 14.2. The van der Waals surface area contributed by atoms with E-state index in [2.05, 4.69) is 10.4 Å². The zero-order valence-corrected chi connectivity index (χ0v) is 16.4. The lowest BCUT2D eigenvalue weighted by atomic mass is 10.3. The van der Waals surface area contributed by atoms with Gasteiger partial charge in [-0.25, -0.2) is 4.68 Å². The van der Waals surface area contributed by atoms with Gasteiger partial charge >= 0.3 is 0 Å². The Labute approximate surface area is 163 Å². The summed E-state index contributed by atoms with van der Waals surface area (Å²) in [7, 11) is 0. The Kier molecular flexibility index (Phi) is 5.90. The maximum Gasteiger partial charge on any atom is 0.237 e. The fourth-order valence-electron chi connectivity index (χ4n) is 2.04. The van der Waals surface area contributed by atoms with Crippen molar-refractivity contribution in [3.05, 3.63) is 63.6 Å². The van der Waals surface area contributed by atoms with Crippen LogP contribution >= 0.6 is 46.9 Å². The number of hydrogen-bond acceptors (Lipinski definition) is 5. The van der Waals surface area contributed by atoms with Gasteiger partial charge in [0.25, 0.3) is 0 Å². The summed E-state index contributed by atoms with van der Waals surface area (Å²) < 4.78 is 3.10. The third-order valence-electron chi connectivity index (χ3n) is 3.31. The first-order valence-corrected chi connectivity index (χ1v) is 9.90. The molecule has 25 heavy (non-hydrogen) atoms. The topological polar surface area (TPSA) is 46.9 Å². The molecule has 0 radical (unpaired) electrons. The number of thioether (sulfide) groups is 1. The molecule has 0 saturated heterocycles. The van der Waals surface area contributed by atoms with Crippen molar-refractivity contribution in [2.75, 3.05) is 5.32 Å². The second-order valence-corrected chi connectivity index (χ2v) is 8.73. The number of carbonyl (C=O) groups is 1. The quantitative estimate of drug-likeness (QED) is 0.452. The lowest BCUT2D eigenvalue weighted by Crippen LogP contribution is -2.22. The summed E-state index contributed by atoms with van der Waals surface area (Å²) in [5.74, 6) is -0.134. The van der Waals surface area contributed by atoms with Crippen LogP contribution in [0.1, 0.15) is 6.92 Å². The molecule has 1 atom stereocenters. The minimum absolute atomic E-state index is 0.134. The number of halogens is 1. The highest BCUT2D eigenvalue weighted by Gasteiger charge is 2.18. The number of hydrogen-bond donors (Lipinski definition) is 1. The SMILES string of the molecule is CC(Sc1nn(-c2ccccc2)c(=S)s1)C(=O)Nc1ccccc1Cl. The first-order chi connectivity index (χ1) is 12.0. The number of nitrogens with one attached hydrogen (secondary N) is 1. The minimum Gasteiger partial charge on any atom is -0.324 e. The van der Waals surface area contributed by atoms with Gasteiger partial charge in [-0.05, 0) is 43.4 Å². The van der Waals surface area contributed by atoms with E-state index in [4.69, 9.17) is 23.8 Å². The summed E-state index contributed by atoms with van der Waals surface area (Å²) in [5.41, 5.74) is 1.51. The average Bonchev–Trinajstić information content (AvgIpc) is 2.98. The number of amides is 1. The smallest absolute Gasteiger partial charge is 0.237 e.